The average Bonchev–Trinajstić information content (AvgIpc) is 2.58. The average molecular weight is 375 g/mol. The van der Waals surface area contributed by atoms with Crippen LogP contribution in [0.25, 0.3) is 0 Å². The zero-order chi connectivity index (χ0) is 19.3. The predicted molar refractivity (Wildman–Crippen MR) is 103 cm³/mol. The van der Waals surface area contributed by atoms with Gasteiger partial charge >= 0.3 is 6.09 Å². The van der Waals surface area contributed by atoms with Gasteiger partial charge in [-0.25, -0.2) is 9.78 Å². The van der Waals surface area contributed by atoms with Crippen LogP contribution in [-0.4, -0.2) is 23.0 Å². The van der Waals surface area contributed by atoms with Gasteiger partial charge in [0, 0.05) is 0 Å². The quantitative estimate of drug-likeness (QED) is 0.542. The summed E-state index contributed by atoms with van der Waals surface area (Å²) in [5.74, 6) is 0.328. The highest BCUT2D eigenvalue weighted by Gasteiger charge is 2.25. The summed E-state index contributed by atoms with van der Waals surface area (Å²) in [7, 11) is 0. The number of carbonyl (C=O) groups is 2. The number of aryl methyl sites for hydroxylation is 1. The van der Waals surface area contributed by atoms with Gasteiger partial charge in [0.2, 0.25) is 0 Å². The van der Waals surface area contributed by atoms with E-state index in [9.17, 15) is 9.59 Å². The SMILES string of the molecule is CCc1ccc(CN(C(=O)OC(C)(C)C)c2ccc(C=O)c(Cl)n2)cc1. The third kappa shape index (κ3) is 5.30. The summed E-state index contributed by atoms with van der Waals surface area (Å²) in [6.45, 7) is 7.77. The Bertz CT molecular complexity index is 783. The second kappa shape index (κ2) is 8.32. The lowest BCUT2D eigenvalue weighted by atomic mass is 10.1. The smallest absolute Gasteiger partial charge is 0.416 e. The minimum absolute atomic E-state index is 0.0485. The zero-order valence-electron chi connectivity index (χ0n) is 15.5. The summed E-state index contributed by atoms with van der Waals surface area (Å²) in [6.07, 6.45) is 1.04. The maximum Gasteiger partial charge on any atom is 0.416 e. The molecule has 26 heavy (non-hydrogen) atoms. The van der Waals surface area contributed by atoms with Gasteiger partial charge in [-0.3, -0.25) is 9.69 Å². The fourth-order valence-corrected chi connectivity index (χ4v) is 2.49. The molecule has 0 unspecified atom stereocenters. The van der Waals surface area contributed by atoms with E-state index in [1.807, 2.05) is 24.3 Å². The van der Waals surface area contributed by atoms with Gasteiger partial charge in [-0.2, -0.15) is 0 Å². The molecule has 5 nitrogen and oxygen atoms in total. The number of amides is 1. The number of hydrogen-bond acceptors (Lipinski definition) is 4. The molecule has 2 aromatic rings. The molecule has 1 aromatic carbocycles. The highest BCUT2D eigenvalue weighted by atomic mass is 35.5. The van der Waals surface area contributed by atoms with E-state index >= 15 is 0 Å². The van der Waals surface area contributed by atoms with E-state index in [2.05, 4.69) is 11.9 Å². The van der Waals surface area contributed by atoms with E-state index in [0.29, 0.717) is 12.1 Å². The fourth-order valence-electron chi connectivity index (χ4n) is 2.29. The molecular weight excluding hydrogens is 352 g/mol. The summed E-state index contributed by atoms with van der Waals surface area (Å²) in [5, 5.41) is 0.0485. The first-order valence-electron chi connectivity index (χ1n) is 8.43. The fraction of sp³-hybridized carbons (Fsp3) is 0.350. The second-order valence-corrected chi connectivity index (χ2v) is 7.26. The van der Waals surface area contributed by atoms with Gasteiger partial charge in [0.1, 0.15) is 16.6 Å². The van der Waals surface area contributed by atoms with Crippen molar-refractivity contribution in [3.8, 4) is 0 Å². The monoisotopic (exact) mass is 374 g/mol. The van der Waals surface area contributed by atoms with Crippen LogP contribution >= 0.6 is 11.6 Å². The standard InChI is InChI=1S/C20H23ClN2O3/c1-5-14-6-8-15(9-7-14)12-23(19(25)26-20(2,3)4)17-11-10-16(13-24)18(21)22-17/h6-11,13H,5,12H2,1-4H3. The Hall–Kier alpha value is -2.40. The summed E-state index contributed by atoms with van der Waals surface area (Å²) in [6, 6.07) is 11.1. The Kier molecular flexibility index (Phi) is 6.37. The predicted octanol–water partition coefficient (Wildman–Crippen LogP) is 5.05. The summed E-state index contributed by atoms with van der Waals surface area (Å²) >= 11 is 6.03. The molecule has 0 aliphatic rings. The van der Waals surface area contributed by atoms with E-state index in [0.717, 1.165) is 12.0 Å². The minimum atomic E-state index is -0.645. The number of anilines is 1. The van der Waals surface area contributed by atoms with Crippen LogP contribution in [0.4, 0.5) is 10.6 Å². The minimum Gasteiger partial charge on any atom is -0.443 e. The number of halogens is 1. The number of pyridine rings is 1. The molecular formula is C20H23ClN2O3. The van der Waals surface area contributed by atoms with Crippen molar-refractivity contribution < 1.29 is 14.3 Å². The van der Waals surface area contributed by atoms with Crippen molar-refractivity contribution in [2.75, 3.05) is 4.90 Å². The van der Waals surface area contributed by atoms with Crippen molar-refractivity contribution in [3.05, 3.63) is 58.2 Å². The number of aromatic nitrogens is 1. The molecule has 0 bridgehead atoms. The van der Waals surface area contributed by atoms with Crippen LogP contribution in [0.1, 0.15) is 49.2 Å². The van der Waals surface area contributed by atoms with Crippen LogP contribution in [0.15, 0.2) is 36.4 Å². The lowest BCUT2D eigenvalue weighted by molar-refractivity contribution is 0.0576. The maximum atomic E-state index is 12.7. The van der Waals surface area contributed by atoms with Crippen molar-refractivity contribution in [1.82, 2.24) is 4.98 Å². The number of nitrogens with zero attached hydrogens (tertiary/aromatic N) is 2. The van der Waals surface area contributed by atoms with E-state index in [4.69, 9.17) is 16.3 Å². The molecule has 1 aromatic heterocycles. The maximum absolute atomic E-state index is 12.7. The van der Waals surface area contributed by atoms with Crippen molar-refractivity contribution in [3.63, 3.8) is 0 Å². The molecule has 1 heterocycles. The van der Waals surface area contributed by atoms with E-state index < -0.39 is 11.7 Å². The lowest BCUT2D eigenvalue weighted by Crippen LogP contribution is -2.37. The normalized spacial score (nSPS) is 11.1. The number of aldehydes is 1. The molecule has 0 saturated heterocycles. The number of carbonyl (C=O) groups excluding carboxylic acids is 2. The highest BCUT2D eigenvalue weighted by molar-refractivity contribution is 6.31. The molecule has 0 spiro atoms. The largest absolute Gasteiger partial charge is 0.443 e. The molecule has 2 rings (SSSR count). The molecule has 0 radical (unpaired) electrons. The summed E-state index contributed by atoms with van der Waals surface area (Å²) in [4.78, 5) is 29.2. The Morgan fingerprint density at radius 3 is 2.27 bits per heavy atom. The first-order chi connectivity index (χ1) is 12.2. The van der Waals surface area contributed by atoms with Crippen molar-refractivity contribution in [1.29, 1.82) is 0 Å². The van der Waals surface area contributed by atoms with E-state index in [1.165, 1.54) is 16.5 Å². The molecule has 6 heteroatoms. The third-order valence-electron chi connectivity index (χ3n) is 3.65. The van der Waals surface area contributed by atoms with Gasteiger partial charge in [0.05, 0.1) is 12.1 Å². The number of hydrogen-bond donors (Lipinski definition) is 0. The van der Waals surface area contributed by atoms with E-state index in [1.54, 1.807) is 26.8 Å². The van der Waals surface area contributed by atoms with Crippen molar-refractivity contribution >= 4 is 29.8 Å². The van der Waals surface area contributed by atoms with Gasteiger partial charge in [-0.15, -0.1) is 0 Å². The first-order valence-corrected chi connectivity index (χ1v) is 8.81. The Balaban J connectivity index is 2.35. The first kappa shape index (κ1) is 19.9. The molecule has 0 fully saturated rings. The Morgan fingerprint density at radius 1 is 1.15 bits per heavy atom. The Labute approximate surface area is 158 Å². The van der Waals surface area contributed by atoms with Crippen LogP contribution < -0.4 is 4.90 Å². The molecule has 0 aliphatic carbocycles. The van der Waals surface area contributed by atoms with Gasteiger partial charge in [0.25, 0.3) is 0 Å². The number of benzene rings is 1. The zero-order valence-corrected chi connectivity index (χ0v) is 16.2. The second-order valence-electron chi connectivity index (χ2n) is 6.90. The van der Waals surface area contributed by atoms with Gasteiger partial charge in [-0.1, -0.05) is 42.8 Å². The number of rotatable bonds is 5. The van der Waals surface area contributed by atoms with E-state index in [-0.39, 0.29) is 17.3 Å². The van der Waals surface area contributed by atoms with Crippen LogP contribution in [-0.2, 0) is 17.7 Å². The topological polar surface area (TPSA) is 59.5 Å². The van der Waals surface area contributed by atoms with Gasteiger partial charge in [-0.05, 0) is 50.5 Å². The van der Waals surface area contributed by atoms with Crippen LogP contribution in [0.5, 0.6) is 0 Å². The molecule has 0 N–H and O–H groups in total. The molecule has 0 saturated carbocycles. The molecule has 138 valence electrons. The summed E-state index contributed by atoms with van der Waals surface area (Å²) < 4.78 is 5.50. The van der Waals surface area contributed by atoms with Crippen LogP contribution in [0.3, 0.4) is 0 Å². The lowest BCUT2D eigenvalue weighted by Gasteiger charge is -2.27. The molecule has 1 amide bonds. The van der Waals surface area contributed by atoms with Crippen LogP contribution in [0.2, 0.25) is 5.15 Å². The molecule has 0 aliphatic heterocycles. The van der Waals surface area contributed by atoms with Crippen LogP contribution in [0, 0.1) is 0 Å². The Morgan fingerprint density at radius 2 is 1.77 bits per heavy atom. The van der Waals surface area contributed by atoms with Crippen molar-refractivity contribution in [2.24, 2.45) is 0 Å². The van der Waals surface area contributed by atoms with Crippen molar-refractivity contribution in [2.45, 2.75) is 46.3 Å². The number of ether oxygens (including phenoxy) is 1. The highest BCUT2D eigenvalue weighted by Crippen LogP contribution is 2.23. The summed E-state index contributed by atoms with van der Waals surface area (Å²) in [5.41, 5.74) is 1.78. The third-order valence-corrected chi connectivity index (χ3v) is 3.95. The molecule has 0 atom stereocenters. The van der Waals surface area contributed by atoms with Gasteiger partial charge in [0.15, 0.2) is 6.29 Å². The van der Waals surface area contributed by atoms with Gasteiger partial charge < -0.3 is 4.74 Å².